The minimum Gasteiger partial charge on any atom is -0.356 e. The highest BCUT2D eigenvalue weighted by Gasteiger charge is 2.28. The van der Waals surface area contributed by atoms with Crippen molar-refractivity contribution in [2.45, 2.75) is 31.8 Å². The van der Waals surface area contributed by atoms with E-state index >= 15 is 0 Å². The molecular weight excluding hydrogens is 290 g/mol. The molecule has 6 nitrogen and oxygen atoms in total. The van der Waals surface area contributed by atoms with Crippen molar-refractivity contribution in [1.82, 2.24) is 19.4 Å². The summed E-state index contributed by atoms with van der Waals surface area (Å²) >= 11 is 0. The number of piperidine rings is 1. The fraction of sp³-hybridized carbons (Fsp3) is 0.471. The number of carbonyl (C=O) groups is 1. The number of rotatable bonds is 4. The van der Waals surface area contributed by atoms with Crippen LogP contribution in [0.2, 0.25) is 0 Å². The van der Waals surface area contributed by atoms with E-state index in [1.807, 2.05) is 54.0 Å². The number of pyridine rings is 1. The van der Waals surface area contributed by atoms with Gasteiger partial charge in [-0.15, -0.1) is 0 Å². The zero-order chi connectivity index (χ0) is 16.2. The third-order valence-electron chi connectivity index (χ3n) is 4.66. The molecule has 0 spiro atoms. The van der Waals surface area contributed by atoms with Crippen LogP contribution in [-0.2, 0) is 4.79 Å². The summed E-state index contributed by atoms with van der Waals surface area (Å²) in [7, 11) is 1.91. The first-order valence-corrected chi connectivity index (χ1v) is 8.07. The third kappa shape index (κ3) is 3.36. The molecule has 1 atom stereocenters. The largest absolute Gasteiger partial charge is 0.356 e. The van der Waals surface area contributed by atoms with Crippen LogP contribution in [-0.4, -0.2) is 51.5 Å². The SMILES string of the molecule is CC(C(=O)N(C)C1CCN(c2ccccn2)CC1)n1ccnc1. The average Bonchev–Trinajstić information content (AvgIpc) is 3.15. The molecule has 23 heavy (non-hydrogen) atoms. The van der Waals surface area contributed by atoms with Crippen molar-refractivity contribution in [2.75, 3.05) is 25.0 Å². The van der Waals surface area contributed by atoms with Crippen LogP contribution < -0.4 is 4.90 Å². The Bertz CT molecular complexity index is 620. The second-order valence-corrected chi connectivity index (χ2v) is 6.04. The van der Waals surface area contributed by atoms with Crippen LogP contribution in [0.1, 0.15) is 25.8 Å². The van der Waals surface area contributed by atoms with Gasteiger partial charge >= 0.3 is 0 Å². The van der Waals surface area contributed by atoms with Gasteiger partial charge in [-0.2, -0.15) is 0 Å². The molecule has 0 aromatic carbocycles. The van der Waals surface area contributed by atoms with Gasteiger partial charge in [0, 0.05) is 44.8 Å². The normalized spacial score (nSPS) is 17.0. The summed E-state index contributed by atoms with van der Waals surface area (Å²) in [6.07, 6.45) is 8.99. The van der Waals surface area contributed by atoms with Crippen molar-refractivity contribution in [3.8, 4) is 0 Å². The molecule has 2 aromatic rings. The lowest BCUT2D eigenvalue weighted by atomic mass is 10.0. The lowest BCUT2D eigenvalue weighted by Gasteiger charge is -2.38. The monoisotopic (exact) mass is 313 g/mol. The quantitative estimate of drug-likeness (QED) is 0.866. The van der Waals surface area contributed by atoms with Crippen molar-refractivity contribution in [3.05, 3.63) is 43.1 Å². The molecule has 3 rings (SSSR count). The van der Waals surface area contributed by atoms with Crippen molar-refractivity contribution in [3.63, 3.8) is 0 Å². The Morgan fingerprint density at radius 2 is 2.09 bits per heavy atom. The van der Waals surface area contributed by atoms with Gasteiger partial charge in [-0.05, 0) is 31.9 Å². The topological polar surface area (TPSA) is 54.3 Å². The van der Waals surface area contributed by atoms with Crippen LogP contribution >= 0.6 is 0 Å². The molecule has 0 aliphatic carbocycles. The highest BCUT2D eigenvalue weighted by atomic mass is 16.2. The van der Waals surface area contributed by atoms with E-state index in [9.17, 15) is 4.79 Å². The predicted octanol–water partition coefficient (Wildman–Crippen LogP) is 1.97. The maximum absolute atomic E-state index is 12.6. The van der Waals surface area contributed by atoms with Crippen LogP contribution in [0.15, 0.2) is 43.1 Å². The van der Waals surface area contributed by atoms with Crippen LogP contribution in [0, 0.1) is 0 Å². The number of hydrogen-bond donors (Lipinski definition) is 0. The molecule has 1 amide bonds. The molecule has 1 aliphatic rings. The lowest BCUT2D eigenvalue weighted by Crippen LogP contribution is -2.47. The Balaban J connectivity index is 1.58. The summed E-state index contributed by atoms with van der Waals surface area (Å²) in [6.45, 7) is 3.78. The van der Waals surface area contributed by atoms with E-state index in [0.717, 1.165) is 31.7 Å². The van der Waals surface area contributed by atoms with Crippen molar-refractivity contribution in [2.24, 2.45) is 0 Å². The first kappa shape index (κ1) is 15.5. The van der Waals surface area contributed by atoms with Gasteiger partial charge in [-0.25, -0.2) is 9.97 Å². The van der Waals surface area contributed by atoms with Crippen LogP contribution in [0.25, 0.3) is 0 Å². The zero-order valence-corrected chi connectivity index (χ0v) is 13.7. The van der Waals surface area contributed by atoms with Crippen LogP contribution in [0.3, 0.4) is 0 Å². The highest BCUT2D eigenvalue weighted by Crippen LogP contribution is 2.22. The van der Waals surface area contributed by atoms with Crippen molar-refractivity contribution in [1.29, 1.82) is 0 Å². The Labute approximate surface area is 136 Å². The van der Waals surface area contributed by atoms with Gasteiger partial charge in [0.2, 0.25) is 5.91 Å². The van der Waals surface area contributed by atoms with Gasteiger partial charge in [-0.3, -0.25) is 4.79 Å². The molecule has 6 heteroatoms. The molecule has 0 N–H and O–H groups in total. The van der Waals surface area contributed by atoms with Crippen LogP contribution in [0.4, 0.5) is 5.82 Å². The summed E-state index contributed by atoms with van der Waals surface area (Å²) in [5.41, 5.74) is 0. The number of amides is 1. The van der Waals surface area contributed by atoms with E-state index in [0.29, 0.717) is 0 Å². The first-order valence-electron chi connectivity index (χ1n) is 8.07. The van der Waals surface area contributed by atoms with Gasteiger partial charge in [-0.1, -0.05) is 6.07 Å². The van der Waals surface area contributed by atoms with E-state index in [-0.39, 0.29) is 18.0 Å². The molecule has 1 saturated heterocycles. The van der Waals surface area contributed by atoms with E-state index in [1.165, 1.54) is 0 Å². The molecule has 1 aliphatic heterocycles. The fourth-order valence-electron chi connectivity index (χ4n) is 3.12. The lowest BCUT2D eigenvalue weighted by molar-refractivity contribution is -0.135. The van der Waals surface area contributed by atoms with Gasteiger partial charge in [0.05, 0.1) is 6.33 Å². The second-order valence-electron chi connectivity index (χ2n) is 6.04. The minimum atomic E-state index is -0.212. The van der Waals surface area contributed by atoms with Crippen molar-refractivity contribution >= 4 is 11.7 Å². The third-order valence-corrected chi connectivity index (χ3v) is 4.66. The summed E-state index contributed by atoms with van der Waals surface area (Å²) in [6, 6.07) is 6.05. The molecule has 1 fully saturated rings. The predicted molar refractivity (Wildman–Crippen MR) is 89.2 cm³/mol. The Morgan fingerprint density at radius 3 is 2.70 bits per heavy atom. The van der Waals surface area contributed by atoms with Gasteiger partial charge in [0.25, 0.3) is 0 Å². The maximum atomic E-state index is 12.6. The van der Waals surface area contributed by atoms with E-state index in [2.05, 4.69) is 14.9 Å². The Morgan fingerprint density at radius 1 is 1.30 bits per heavy atom. The molecule has 0 saturated carbocycles. The molecule has 122 valence electrons. The zero-order valence-electron chi connectivity index (χ0n) is 13.7. The van der Waals surface area contributed by atoms with Crippen molar-refractivity contribution < 1.29 is 4.79 Å². The number of aromatic nitrogens is 3. The average molecular weight is 313 g/mol. The maximum Gasteiger partial charge on any atom is 0.245 e. The summed E-state index contributed by atoms with van der Waals surface area (Å²) in [5, 5.41) is 0. The van der Waals surface area contributed by atoms with E-state index < -0.39 is 0 Å². The number of likely N-dealkylation sites (N-methyl/N-ethyl adjacent to an activating group) is 1. The highest BCUT2D eigenvalue weighted by molar-refractivity contribution is 5.80. The molecule has 0 radical (unpaired) electrons. The van der Waals surface area contributed by atoms with Crippen LogP contribution in [0.5, 0.6) is 0 Å². The van der Waals surface area contributed by atoms with Gasteiger partial charge < -0.3 is 14.4 Å². The second kappa shape index (κ2) is 6.81. The van der Waals surface area contributed by atoms with Gasteiger partial charge in [0.1, 0.15) is 11.9 Å². The Kier molecular flexibility index (Phi) is 4.60. The first-order chi connectivity index (χ1) is 11.2. The molecule has 0 bridgehead atoms. The minimum absolute atomic E-state index is 0.138. The molecular formula is C17H23N5O. The van der Waals surface area contributed by atoms with Gasteiger partial charge in [0.15, 0.2) is 0 Å². The number of hydrogen-bond acceptors (Lipinski definition) is 4. The molecule has 3 heterocycles. The fourth-order valence-corrected chi connectivity index (χ4v) is 3.12. The summed E-state index contributed by atoms with van der Waals surface area (Å²) in [5.74, 6) is 1.16. The number of nitrogens with zero attached hydrogens (tertiary/aromatic N) is 5. The molecule has 1 unspecified atom stereocenters. The number of anilines is 1. The Hall–Kier alpha value is -2.37. The number of carbonyl (C=O) groups excluding carboxylic acids is 1. The standard InChI is InChI=1S/C17H23N5O/c1-14(22-12-9-18-13-22)17(23)20(2)15-6-10-21(11-7-15)16-5-3-4-8-19-16/h3-5,8-9,12-15H,6-7,10-11H2,1-2H3. The smallest absolute Gasteiger partial charge is 0.245 e. The number of imidazole rings is 1. The summed E-state index contributed by atoms with van der Waals surface area (Å²) in [4.78, 5) is 25.3. The van der Waals surface area contributed by atoms with E-state index in [4.69, 9.17) is 0 Å². The summed E-state index contributed by atoms with van der Waals surface area (Å²) < 4.78 is 1.85. The van der Waals surface area contributed by atoms with E-state index in [1.54, 1.807) is 12.5 Å². The molecule has 2 aromatic heterocycles.